The fourth-order valence-electron chi connectivity index (χ4n) is 2.21. The lowest BCUT2D eigenvalue weighted by Gasteiger charge is -2.15. The Morgan fingerprint density at radius 3 is 2.74 bits per heavy atom. The summed E-state index contributed by atoms with van der Waals surface area (Å²) in [5.74, 6) is 1.26. The summed E-state index contributed by atoms with van der Waals surface area (Å²) in [5.41, 5.74) is 8.04. The molecule has 102 valence electrons. The SMILES string of the molecule is COc1ccccc1CC(CN)Cc1cn(C)nn1. The van der Waals surface area contributed by atoms with Crippen molar-refractivity contribution in [1.82, 2.24) is 15.0 Å². The van der Waals surface area contributed by atoms with E-state index in [0.717, 1.165) is 24.3 Å². The largest absolute Gasteiger partial charge is 0.496 e. The topological polar surface area (TPSA) is 66.0 Å². The first-order chi connectivity index (χ1) is 9.22. The number of hydrogen-bond donors (Lipinski definition) is 1. The molecule has 2 aromatic rings. The van der Waals surface area contributed by atoms with Gasteiger partial charge in [-0.3, -0.25) is 4.68 Å². The van der Waals surface area contributed by atoms with Gasteiger partial charge in [0.1, 0.15) is 5.75 Å². The van der Waals surface area contributed by atoms with E-state index in [1.54, 1.807) is 11.8 Å². The third kappa shape index (κ3) is 3.54. The summed E-state index contributed by atoms with van der Waals surface area (Å²) in [4.78, 5) is 0. The molecule has 1 aromatic carbocycles. The van der Waals surface area contributed by atoms with E-state index in [1.807, 2.05) is 31.4 Å². The zero-order valence-electron chi connectivity index (χ0n) is 11.4. The first-order valence-electron chi connectivity index (χ1n) is 6.40. The van der Waals surface area contributed by atoms with E-state index in [4.69, 9.17) is 10.5 Å². The van der Waals surface area contributed by atoms with Gasteiger partial charge in [-0.1, -0.05) is 23.4 Å². The summed E-state index contributed by atoms with van der Waals surface area (Å²) >= 11 is 0. The Morgan fingerprint density at radius 2 is 2.11 bits per heavy atom. The van der Waals surface area contributed by atoms with Gasteiger partial charge in [0.2, 0.25) is 0 Å². The summed E-state index contributed by atoms with van der Waals surface area (Å²) in [5, 5.41) is 8.06. The summed E-state index contributed by atoms with van der Waals surface area (Å²) in [7, 11) is 3.56. The van der Waals surface area contributed by atoms with Gasteiger partial charge in [-0.2, -0.15) is 0 Å². The van der Waals surface area contributed by atoms with Gasteiger partial charge in [0.15, 0.2) is 0 Å². The van der Waals surface area contributed by atoms with Crippen LogP contribution in [-0.2, 0) is 19.9 Å². The molecular weight excluding hydrogens is 240 g/mol. The Hall–Kier alpha value is -1.88. The van der Waals surface area contributed by atoms with Crippen molar-refractivity contribution in [2.24, 2.45) is 18.7 Å². The van der Waals surface area contributed by atoms with Crippen LogP contribution in [0, 0.1) is 5.92 Å². The normalized spacial score (nSPS) is 12.4. The molecule has 1 unspecified atom stereocenters. The van der Waals surface area contributed by atoms with Crippen molar-refractivity contribution >= 4 is 0 Å². The first kappa shape index (κ1) is 13.5. The number of ether oxygens (including phenoxy) is 1. The second-order valence-electron chi connectivity index (χ2n) is 4.71. The minimum Gasteiger partial charge on any atom is -0.496 e. The molecule has 5 heteroatoms. The van der Waals surface area contributed by atoms with E-state index in [-0.39, 0.29) is 0 Å². The fourth-order valence-corrected chi connectivity index (χ4v) is 2.21. The van der Waals surface area contributed by atoms with Crippen molar-refractivity contribution < 1.29 is 4.74 Å². The van der Waals surface area contributed by atoms with Gasteiger partial charge < -0.3 is 10.5 Å². The Kier molecular flexibility index (Phi) is 4.52. The van der Waals surface area contributed by atoms with Crippen LogP contribution in [0.25, 0.3) is 0 Å². The molecule has 0 amide bonds. The molecule has 1 aromatic heterocycles. The van der Waals surface area contributed by atoms with Crippen molar-refractivity contribution in [3.05, 3.63) is 41.7 Å². The molecule has 1 heterocycles. The molecule has 2 rings (SSSR count). The van der Waals surface area contributed by atoms with E-state index >= 15 is 0 Å². The molecule has 0 aliphatic rings. The molecule has 0 spiro atoms. The monoisotopic (exact) mass is 260 g/mol. The third-order valence-electron chi connectivity index (χ3n) is 3.18. The van der Waals surface area contributed by atoms with Gasteiger partial charge in [-0.15, -0.1) is 5.10 Å². The number of hydrogen-bond acceptors (Lipinski definition) is 4. The van der Waals surface area contributed by atoms with E-state index < -0.39 is 0 Å². The molecule has 1 atom stereocenters. The number of rotatable bonds is 6. The predicted octanol–water partition coefficient (Wildman–Crippen LogP) is 1.18. The summed E-state index contributed by atoms with van der Waals surface area (Å²) in [6, 6.07) is 8.06. The number of methoxy groups -OCH3 is 1. The zero-order chi connectivity index (χ0) is 13.7. The standard InChI is InChI=1S/C14H20N4O/c1-18-10-13(16-17-18)8-11(9-15)7-12-5-3-4-6-14(12)19-2/h3-6,10-11H,7-9,15H2,1-2H3. The van der Waals surface area contributed by atoms with Crippen LogP contribution in [0.5, 0.6) is 5.75 Å². The summed E-state index contributed by atoms with van der Waals surface area (Å²) in [6.45, 7) is 0.620. The molecule has 0 saturated carbocycles. The van der Waals surface area contributed by atoms with Crippen molar-refractivity contribution in [3.63, 3.8) is 0 Å². The maximum absolute atomic E-state index is 5.87. The number of para-hydroxylation sites is 1. The van der Waals surface area contributed by atoms with Gasteiger partial charge in [-0.25, -0.2) is 0 Å². The zero-order valence-corrected chi connectivity index (χ0v) is 11.4. The molecule has 0 bridgehead atoms. The van der Waals surface area contributed by atoms with Gasteiger partial charge in [-0.05, 0) is 36.9 Å². The Morgan fingerprint density at radius 1 is 1.32 bits per heavy atom. The second kappa shape index (κ2) is 6.33. The number of nitrogens with zero attached hydrogens (tertiary/aromatic N) is 3. The Bertz CT molecular complexity index is 524. The van der Waals surface area contributed by atoms with Crippen molar-refractivity contribution in [3.8, 4) is 5.75 Å². The van der Waals surface area contributed by atoms with Crippen LogP contribution < -0.4 is 10.5 Å². The average molecular weight is 260 g/mol. The molecule has 0 fully saturated rings. The van der Waals surface area contributed by atoms with Crippen LogP contribution in [0.1, 0.15) is 11.3 Å². The smallest absolute Gasteiger partial charge is 0.122 e. The molecule has 0 radical (unpaired) electrons. The van der Waals surface area contributed by atoms with E-state index in [1.165, 1.54) is 5.56 Å². The van der Waals surface area contributed by atoms with E-state index in [9.17, 15) is 0 Å². The average Bonchev–Trinajstić information content (AvgIpc) is 2.84. The lowest BCUT2D eigenvalue weighted by atomic mass is 9.94. The number of aryl methyl sites for hydroxylation is 1. The highest BCUT2D eigenvalue weighted by Crippen LogP contribution is 2.22. The quantitative estimate of drug-likeness (QED) is 0.847. The molecule has 0 saturated heterocycles. The molecule has 0 aliphatic heterocycles. The van der Waals surface area contributed by atoms with Crippen LogP contribution in [0.15, 0.2) is 30.5 Å². The molecule has 2 N–H and O–H groups in total. The Balaban J connectivity index is 2.06. The van der Waals surface area contributed by atoms with Gasteiger partial charge in [0.05, 0.1) is 12.8 Å². The summed E-state index contributed by atoms with van der Waals surface area (Å²) in [6.07, 6.45) is 3.66. The molecule has 19 heavy (non-hydrogen) atoms. The maximum atomic E-state index is 5.87. The molecule has 0 aliphatic carbocycles. The van der Waals surface area contributed by atoms with Crippen LogP contribution in [0.2, 0.25) is 0 Å². The minimum atomic E-state index is 0.341. The first-order valence-corrected chi connectivity index (χ1v) is 6.40. The van der Waals surface area contributed by atoms with Crippen LogP contribution in [0.4, 0.5) is 0 Å². The van der Waals surface area contributed by atoms with Crippen molar-refractivity contribution in [2.75, 3.05) is 13.7 Å². The highest BCUT2D eigenvalue weighted by atomic mass is 16.5. The molecule has 5 nitrogen and oxygen atoms in total. The van der Waals surface area contributed by atoms with Crippen LogP contribution in [0.3, 0.4) is 0 Å². The van der Waals surface area contributed by atoms with Crippen LogP contribution >= 0.6 is 0 Å². The number of aromatic nitrogens is 3. The van der Waals surface area contributed by atoms with Gasteiger partial charge >= 0.3 is 0 Å². The molecular formula is C14H20N4O. The number of nitrogens with two attached hydrogens (primary N) is 1. The highest BCUT2D eigenvalue weighted by molar-refractivity contribution is 5.33. The van der Waals surface area contributed by atoms with Crippen molar-refractivity contribution in [2.45, 2.75) is 12.8 Å². The van der Waals surface area contributed by atoms with Crippen LogP contribution in [-0.4, -0.2) is 28.6 Å². The number of benzene rings is 1. The Labute approximate surface area is 113 Å². The summed E-state index contributed by atoms with van der Waals surface area (Å²) < 4.78 is 7.09. The second-order valence-corrected chi connectivity index (χ2v) is 4.71. The third-order valence-corrected chi connectivity index (χ3v) is 3.18. The predicted molar refractivity (Wildman–Crippen MR) is 73.9 cm³/mol. The van der Waals surface area contributed by atoms with Gasteiger partial charge in [0.25, 0.3) is 0 Å². The van der Waals surface area contributed by atoms with E-state index in [0.29, 0.717) is 12.5 Å². The van der Waals surface area contributed by atoms with Crippen molar-refractivity contribution in [1.29, 1.82) is 0 Å². The maximum Gasteiger partial charge on any atom is 0.122 e. The lowest BCUT2D eigenvalue weighted by Crippen LogP contribution is -2.20. The lowest BCUT2D eigenvalue weighted by molar-refractivity contribution is 0.403. The minimum absolute atomic E-state index is 0.341. The van der Waals surface area contributed by atoms with E-state index in [2.05, 4.69) is 16.4 Å². The van der Waals surface area contributed by atoms with Gasteiger partial charge in [0, 0.05) is 13.2 Å². The fraction of sp³-hybridized carbons (Fsp3) is 0.429. The highest BCUT2D eigenvalue weighted by Gasteiger charge is 2.13.